The summed E-state index contributed by atoms with van der Waals surface area (Å²) in [6.45, 7) is 0.572. The highest BCUT2D eigenvalue weighted by atomic mass is 35.5. The Kier molecular flexibility index (Phi) is 3.85. The van der Waals surface area contributed by atoms with Crippen LogP contribution >= 0.6 is 11.6 Å². The van der Waals surface area contributed by atoms with Crippen molar-refractivity contribution in [2.45, 2.75) is 12.5 Å². The first-order valence-corrected chi connectivity index (χ1v) is 6.76. The number of benzene rings is 1. The molecule has 1 saturated heterocycles. The molecule has 2 aromatic rings. The van der Waals surface area contributed by atoms with Gasteiger partial charge in [-0.15, -0.1) is 0 Å². The number of nitrogens with zero attached hydrogens (tertiary/aromatic N) is 2. The van der Waals surface area contributed by atoms with E-state index in [2.05, 4.69) is 20.8 Å². The minimum Gasteiger partial charge on any atom is -0.353 e. The van der Waals surface area contributed by atoms with E-state index in [1.54, 1.807) is 6.07 Å². The lowest BCUT2D eigenvalue weighted by atomic mass is 10.1. The van der Waals surface area contributed by atoms with Gasteiger partial charge in [0.05, 0.1) is 6.54 Å². The molecule has 1 amide bonds. The van der Waals surface area contributed by atoms with Crippen LogP contribution in [-0.2, 0) is 11.2 Å². The van der Waals surface area contributed by atoms with Crippen LogP contribution in [0.2, 0.25) is 5.02 Å². The second-order valence-corrected chi connectivity index (χ2v) is 5.07. The Morgan fingerprint density at radius 1 is 1.48 bits per heavy atom. The summed E-state index contributed by atoms with van der Waals surface area (Å²) in [6, 6.07) is 4.25. The van der Waals surface area contributed by atoms with Crippen molar-refractivity contribution in [3.8, 4) is 0 Å². The summed E-state index contributed by atoms with van der Waals surface area (Å²) in [5.74, 6) is 0.217. The van der Waals surface area contributed by atoms with Gasteiger partial charge in [0.2, 0.25) is 11.8 Å². The first kappa shape index (κ1) is 14.0. The lowest BCUT2D eigenvalue weighted by Crippen LogP contribution is -2.47. The molecular formula is C13H12ClFN4O2. The standard InChI is InChI=1S/C13H12ClFN4O2/c14-8-2-1-3-9(15)7(8)4-11-18-13(21-19-11)10-5-17-12(20)6-16-10/h1-3,10,16H,4-6H2,(H,17,20). The average molecular weight is 311 g/mol. The van der Waals surface area contributed by atoms with E-state index in [0.29, 0.717) is 28.8 Å². The number of amides is 1. The van der Waals surface area contributed by atoms with Crippen molar-refractivity contribution >= 4 is 17.5 Å². The van der Waals surface area contributed by atoms with E-state index in [1.807, 2.05) is 0 Å². The van der Waals surface area contributed by atoms with E-state index >= 15 is 0 Å². The molecule has 1 atom stereocenters. The van der Waals surface area contributed by atoms with Crippen molar-refractivity contribution in [1.29, 1.82) is 0 Å². The molecule has 1 aliphatic rings. The van der Waals surface area contributed by atoms with Gasteiger partial charge in [0.15, 0.2) is 5.82 Å². The minimum atomic E-state index is -0.406. The second kappa shape index (κ2) is 5.79. The predicted molar refractivity (Wildman–Crippen MR) is 72.3 cm³/mol. The fraction of sp³-hybridized carbons (Fsp3) is 0.308. The number of aromatic nitrogens is 2. The molecule has 1 aromatic carbocycles. The van der Waals surface area contributed by atoms with Crippen molar-refractivity contribution in [2.24, 2.45) is 0 Å². The van der Waals surface area contributed by atoms with Gasteiger partial charge in [0.25, 0.3) is 0 Å². The topological polar surface area (TPSA) is 80.1 Å². The number of hydrogen-bond donors (Lipinski definition) is 2. The van der Waals surface area contributed by atoms with E-state index in [-0.39, 0.29) is 24.9 Å². The van der Waals surface area contributed by atoms with Gasteiger partial charge in [-0.2, -0.15) is 4.98 Å². The van der Waals surface area contributed by atoms with Gasteiger partial charge in [0.1, 0.15) is 11.9 Å². The third-order valence-corrected chi connectivity index (χ3v) is 3.54. The summed E-state index contributed by atoms with van der Waals surface area (Å²) in [6.07, 6.45) is 0.147. The van der Waals surface area contributed by atoms with Crippen LogP contribution in [0.15, 0.2) is 22.7 Å². The third kappa shape index (κ3) is 3.03. The quantitative estimate of drug-likeness (QED) is 0.891. The first-order valence-electron chi connectivity index (χ1n) is 6.39. The number of carbonyl (C=O) groups excluding carboxylic acids is 1. The summed E-state index contributed by atoms with van der Waals surface area (Å²) in [7, 11) is 0. The smallest absolute Gasteiger partial charge is 0.245 e. The second-order valence-electron chi connectivity index (χ2n) is 4.66. The predicted octanol–water partition coefficient (Wildman–Crippen LogP) is 1.21. The maximum atomic E-state index is 13.7. The molecule has 8 heteroatoms. The van der Waals surface area contributed by atoms with Crippen LogP contribution in [-0.4, -0.2) is 29.1 Å². The molecule has 2 heterocycles. The molecule has 2 N–H and O–H groups in total. The summed E-state index contributed by atoms with van der Waals surface area (Å²) >= 11 is 5.96. The van der Waals surface area contributed by atoms with Gasteiger partial charge < -0.3 is 9.84 Å². The molecular weight excluding hydrogens is 299 g/mol. The lowest BCUT2D eigenvalue weighted by molar-refractivity contribution is -0.121. The van der Waals surface area contributed by atoms with Crippen LogP contribution in [0.5, 0.6) is 0 Å². The van der Waals surface area contributed by atoms with Crippen LogP contribution < -0.4 is 10.6 Å². The van der Waals surface area contributed by atoms with Crippen molar-refractivity contribution in [2.75, 3.05) is 13.1 Å². The van der Waals surface area contributed by atoms with Crippen molar-refractivity contribution in [1.82, 2.24) is 20.8 Å². The fourth-order valence-corrected chi connectivity index (χ4v) is 2.31. The van der Waals surface area contributed by atoms with Crippen LogP contribution in [0.25, 0.3) is 0 Å². The number of carbonyl (C=O) groups is 1. The molecule has 1 aliphatic heterocycles. The Morgan fingerprint density at radius 2 is 2.33 bits per heavy atom. The van der Waals surface area contributed by atoms with Crippen LogP contribution in [0.4, 0.5) is 4.39 Å². The van der Waals surface area contributed by atoms with Crippen LogP contribution in [0.1, 0.15) is 23.3 Å². The third-order valence-electron chi connectivity index (χ3n) is 3.19. The summed E-state index contributed by atoms with van der Waals surface area (Å²) in [4.78, 5) is 15.3. The zero-order valence-electron chi connectivity index (χ0n) is 10.9. The number of halogens is 2. The molecule has 3 rings (SSSR count). The summed E-state index contributed by atoms with van der Waals surface area (Å²) in [5, 5.41) is 9.82. The Balaban J connectivity index is 1.75. The minimum absolute atomic E-state index is 0.0795. The zero-order valence-corrected chi connectivity index (χ0v) is 11.7. The molecule has 6 nitrogen and oxygen atoms in total. The maximum Gasteiger partial charge on any atom is 0.245 e. The number of piperazine rings is 1. The van der Waals surface area contributed by atoms with Gasteiger partial charge in [-0.05, 0) is 12.1 Å². The van der Waals surface area contributed by atoms with Gasteiger partial charge in [-0.3, -0.25) is 10.1 Å². The van der Waals surface area contributed by atoms with E-state index in [9.17, 15) is 9.18 Å². The van der Waals surface area contributed by atoms with E-state index in [1.165, 1.54) is 12.1 Å². The van der Waals surface area contributed by atoms with Gasteiger partial charge in [-0.25, -0.2) is 4.39 Å². The maximum absolute atomic E-state index is 13.7. The highest BCUT2D eigenvalue weighted by Gasteiger charge is 2.24. The fourth-order valence-electron chi connectivity index (χ4n) is 2.08. The van der Waals surface area contributed by atoms with Crippen molar-refractivity contribution in [3.63, 3.8) is 0 Å². The van der Waals surface area contributed by atoms with Crippen LogP contribution in [0, 0.1) is 5.82 Å². The molecule has 110 valence electrons. The van der Waals surface area contributed by atoms with Gasteiger partial charge >= 0.3 is 0 Å². The SMILES string of the molecule is O=C1CNC(c2nc(Cc3c(F)cccc3Cl)no2)CN1. The molecule has 0 saturated carbocycles. The summed E-state index contributed by atoms with van der Waals surface area (Å²) in [5.41, 5.74) is 0.330. The van der Waals surface area contributed by atoms with Gasteiger partial charge in [-0.1, -0.05) is 22.8 Å². The Labute approximate surface area is 124 Å². The average Bonchev–Trinajstić information content (AvgIpc) is 2.92. The molecule has 0 bridgehead atoms. The molecule has 0 radical (unpaired) electrons. The van der Waals surface area contributed by atoms with Crippen molar-refractivity contribution < 1.29 is 13.7 Å². The Bertz CT molecular complexity index is 646. The first-order chi connectivity index (χ1) is 10.1. The van der Waals surface area contributed by atoms with Crippen LogP contribution in [0.3, 0.4) is 0 Å². The number of nitrogens with one attached hydrogen (secondary N) is 2. The number of hydrogen-bond acceptors (Lipinski definition) is 5. The molecule has 0 spiro atoms. The Morgan fingerprint density at radius 3 is 3.05 bits per heavy atom. The highest BCUT2D eigenvalue weighted by Crippen LogP contribution is 2.22. The lowest BCUT2D eigenvalue weighted by Gasteiger charge is -2.20. The van der Waals surface area contributed by atoms with Crippen molar-refractivity contribution in [3.05, 3.63) is 46.3 Å². The van der Waals surface area contributed by atoms with E-state index < -0.39 is 5.82 Å². The number of rotatable bonds is 3. The Hall–Kier alpha value is -1.99. The molecule has 1 unspecified atom stereocenters. The molecule has 1 aromatic heterocycles. The molecule has 21 heavy (non-hydrogen) atoms. The van der Waals surface area contributed by atoms with Gasteiger partial charge in [0, 0.05) is 23.6 Å². The normalized spacial score (nSPS) is 18.6. The summed E-state index contributed by atoms with van der Waals surface area (Å²) < 4.78 is 18.9. The molecule has 1 fully saturated rings. The highest BCUT2D eigenvalue weighted by molar-refractivity contribution is 6.31. The zero-order chi connectivity index (χ0) is 14.8. The van der Waals surface area contributed by atoms with E-state index in [0.717, 1.165) is 0 Å². The molecule has 0 aliphatic carbocycles. The monoisotopic (exact) mass is 310 g/mol. The largest absolute Gasteiger partial charge is 0.353 e. The van der Waals surface area contributed by atoms with E-state index in [4.69, 9.17) is 16.1 Å².